The number of carbonyl (C=O) groups excluding carboxylic acids is 2. The summed E-state index contributed by atoms with van der Waals surface area (Å²) in [7, 11) is 0. The van der Waals surface area contributed by atoms with E-state index in [0.717, 1.165) is 18.4 Å². The van der Waals surface area contributed by atoms with E-state index < -0.39 is 11.3 Å². The second-order valence-electron chi connectivity index (χ2n) is 6.69. The Bertz CT molecular complexity index is 786. The molecule has 2 N–H and O–H groups in total. The van der Waals surface area contributed by atoms with Gasteiger partial charge in [-0.2, -0.15) is 0 Å². The normalized spacial score (nSPS) is 29.7. The van der Waals surface area contributed by atoms with Gasteiger partial charge in [0.25, 0.3) is 0 Å². The van der Waals surface area contributed by atoms with Gasteiger partial charge in [0.15, 0.2) is 5.78 Å². The molecule has 0 radical (unpaired) electrons. The molecule has 2 atom stereocenters. The molecule has 0 aliphatic heterocycles. The Labute approximate surface area is 134 Å². The topological polar surface area (TPSA) is 74.6 Å². The number of ketones is 1. The van der Waals surface area contributed by atoms with Gasteiger partial charge in [-0.25, -0.2) is 0 Å². The molecule has 0 bridgehead atoms. The molecule has 4 rings (SSSR count). The molecule has 118 valence electrons. The Hall–Kier alpha value is -2.36. The highest BCUT2D eigenvalue weighted by molar-refractivity contribution is 6.05. The second kappa shape index (κ2) is 4.82. The number of carbonyl (C=O) groups is 2. The van der Waals surface area contributed by atoms with Crippen LogP contribution in [-0.4, -0.2) is 22.3 Å². The average molecular weight is 310 g/mol. The van der Waals surface area contributed by atoms with Crippen molar-refractivity contribution in [1.29, 1.82) is 0 Å². The van der Waals surface area contributed by atoms with Crippen molar-refractivity contribution in [1.82, 2.24) is 0 Å². The first-order chi connectivity index (χ1) is 11.1. The van der Waals surface area contributed by atoms with Gasteiger partial charge < -0.3 is 15.0 Å². The van der Waals surface area contributed by atoms with Gasteiger partial charge in [0, 0.05) is 5.56 Å². The number of benzene rings is 1. The fraction of sp³-hybridized carbons (Fsp3) is 0.368. The van der Waals surface area contributed by atoms with E-state index in [1.165, 1.54) is 0 Å². The number of hydrogen-bond acceptors (Lipinski definition) is 4. The number of aliphatic hydroxyl groups excluding tert-OH is 2. The molecule has 2 unspecified atom stereocenters. The van der Waals surface area contributed by atoms with E-state index in [0.29, 0.717) is 35.8 Å². The Morgan fingerprint density at radius 2 is 1.78 bits per heavy atom. The van der Waals surface area contributed by atoms with Crippen LogP contribution in [0.2, 0.25) is 0 Å². The van der Waals surface area contributed by atoms with Crippen molar-refractivity contribution in [3.8, 4) is 0 Å². The number of aliphatic hydroxyl groups is 2. The standard InChI is InChI=1S/C19H18O4/c20-10-19-9-11-5-1-2-6-12(11)16(21)15(19)17(22)13-7-3-4-8-14(13)18(19)23/h1-2,5-6,10,15,22-23H,3-4,7-9H2. The molecule has 1 aromatic carbocycles. The van der Waals surface area contributed by atoms with E-state index in [2.05, 4.69) is 0 Å². The highest BCUT2D eigenvalue weighted by atomic mass is 16.3. The lowest BCUT2D eigenvalue weighted by Gasteiger charge is -2.44. The van der Waals surface area contributed by atoms with Gasteiger partial charge in [-0.05, 0) is 48.8 Å². The number of hydrogen-bond donors (Lipinski definition) is 2. The predicted octanol–water partition coefficient (Wildman–Crippen LogP) is 3.44. The fourth-order valence-corrected chi connectivity index (χ4v) is 4.38. The molecule has 0 spiro atoms. The first-order valence-electron chi connectivity index (χ1n) is 8.03. The molecule has 1 saturated carbocycles. The van der Waals surface area contributed by atoms with E-state index in [9.17, 15) is 19.8 Å². The summed E-state index contributed by atoms with van der Waals surface area (Å²) in [5.41, 5.74) is 1.27. The smallest absolute Gasteiger partial charge is 0.175 e. The van der Waals surface area contributed by atoms with E-state index in [1.54, 1.807) is 12.1 Å². The van der Waals surface area contributed by atoms with Crippen LogP contribution < -0.4 is 0 Å². The molecule has 4 nitrogen and oxygen atoms in total. The predicted molar refractivity (Wildman–Crippen MR) is 84.2 cm³/mol. The lowest BCUT2D eigenvalue weighted by atomic mass is 9.58. The molecule has 1 aromatic rings. The third-order valence-electron chi connectivity index (χ3n) is 5.53. The molecule has 4 heteroatoms. The Kier molecular flexibility index (Phi) is 2.98. The van der Waals surface area contributed by atoms with Gasteiger partial charge in [0.05, 0.1) is 5.92 Å². The van der Waals surface area contributed by atoms with Gasteiger partial charge >= 0.3 is 0 Å². The van der Waals surface area contributed by atoms with Crippen LogP contribution in [0.25, 0.3) is 0 Å². The Morgan fingerprint density at radius 1 is 1.09 bits per heavy atom. The summed E-state index contributed by atoms with van der Waals surface area (Å²) in [6, 6.07) is 7.13. The zero-order valence-corrected chi connectivity index (χ0v) is 12.7. The maximum atomic E-state index is 13.0. The Morgan fingerprint density at radius 3 is 2.52 bits per heavy atom. The summed E-state index contributed by atoms with van der Waals surface area (Å²) in [6.45, 7) is 0. The Balaban J connectivity index is 2.00. The van der Waals surface area contributed by atoms with Gasteiger partial charge in [-0.1, -0.05) is 24.3 Å². The first kappa shape index (κ1) is 14.2. The van der Waals surface area contributed by atoms with Crippen molar-refractivity contribution >= 4 is 12.1 Å². The van der Waals surface area contributed by atoms with Crippen molar-refractivity contribution in [3.63, 3.8) is 0 Å². The highest BCUT2D eigenvalue weighted by Gasteiger charge is 2.56. The molecule has 0 amide bonds. The monoisotopic (exact) mass is 310 g/mol. The van der Waals surface area contributed by atoms with E-state index in [-0.39, 0.29) is 23.7 Å². The zero-order chi connectivity index (χ0) is 16.2. The van der Waals surface area contributed by atoms with Crippen LogP contribution >= 0.6 is 0 Å². The van der Waals surface area contributed by atoms with Crippen LogP contribution in [-0.2, 0) is 11.2 Å². The van der Waals surface area contributed by atoms with Crippen LogP contribution in [0.1, 0.15) is 41.6 Å². The molecule has 1 fully saturated rings. The summed E-state index contributed by atoms with van der Waals surface area (Å²) in [5.74, 6) is -1.29. The van der Waals surface area contributed by atoms with Crippen molar-refractivity contribution in [2.24, 2.45) is 11.3 Å². The minimum Gasteiger partial charge on any atom is -0.511 e. The van der Waals surface area contributed by atoms with Gasteiger partial charge in [0.1, 0.15) is 23.2 Å². The van der Waals surface area contributed by atoms with Gasteiger partial charge in [-0.3, -0.25) is 4.79 Å². The second-order valence-corrected chi connectivity index (χ2v) is 6.69. The van der Waals surface area contributed by atoms with E-state index >= 15 is 0 Å². The quantitative estimate of drug-likeness (QED) is 0.779. The summed E-state index contributed by atoms with van der Waals surface area (Å²) in [6.07, 6.45) is 4.03. The molecule has 3 aliphatic rings. The SMILES string of the molecule is O=CC12Cc3ccccc3C(=O)C1C(O)=C1CCCCC1=C2O. The number of Topliss-reactive ketones (excluding diaryl/α,β-unsaturated/α-hetero) is 1. The van der Waals surface area contributed by atoms with Crippen molar-refractivity contribution < 1.29 is 19.8 Å². The molecule has 3 aliphatic carbocycles. The summed E-state index contributed by atoms with van der Waals surface area (Å²) in [5, 5.41) is 21.6. The fourth-order valence-electron chi connectivity index (χ4n) is 4.38. The van der Waals surface area contributed by atoms with Crippen molar-refractivity contribution in [2.75, 3.05) is 0 Å². The van der Waals surface area contributed by atoms with E-state index in [4.69, 9.17) is 0 Å². The minimum absolute atomic E-state index is 0.00662. The van der Waals surface area contributed by atoms with Gasteiger partial charge in [0.2, 0.25) is 0 Å². The molecule has 0 aromatic heterocycles. The summed E-state index contributed by atoms with van der Waals surface area (Å²) >= 11 is 0. The summed E-state index contributed by atoms with van der Waals surface area (Å²) < 4.78 is 0. The van der Waals surface area contributed by atoms with Crippen LogP contribution in [0.4, 0.5) is 0 Å². The molecular formula is C19H18O4. The number of aldehydes is 1. The summed E-state index contributed by atoms with van der Waals surface area (Å²) in [4.78, 5) is 25.0. The van der Waals surface area contributed by atoms with Crippen molar-refractivity contribution in [2.45, 2.75) is 32.1 Å². The third kappa shape index (κ3) is 1.72. The van der Waals surface area contributed by atoms with Crippen LogP contribution in [0.5, 0.6) is 0 Å². The maximum Gasteiger partial charge on any atom is 0.175 e. The molecule has 0 heterocycles. The highest BCUT2D eigenvalue weighted by Crippen LogP contribution is 2.53. The first-order valence-corrected chi connectivity index (χ1v) is 8.03. The van der Waals surface area contributed by atoms with Crippen molar-refractivity contribution in [3.05, 3.63) is 58.1 Å². The van der Waals surface area contributed by atoms with Gasteiger partial charge in [-0.15, -0.1) is 0 Å². The average Bonchev–Trinajstić information content (AvgIpc) is 2.59. The molecule has 23 heavy (non-hydrogen) atoms. The van der Waals surface area contributed by atoms with Crippen LogP contribution in [0, 0.1) is 11.3 Å². The zero-order valence-electron chi connectivity index (χ0n) is 12.7. The third-order valence-corrected chi connectivity index (χ3v) is 5.53. The maximum absolute atomic E-state index is 13.0. The molecule has 0 saturated heterocycles. The molecular weight excluding hydrogens is 292 g/mol. The largest absolute Gasteiger partial charge is 0.511 e. The number of allylic oxidation sites excluding steroid dienone is 4. The van der Waals surface area contributed by atoms with E-state index in [1.807, 2.05) is 12.1 Å². The number of fused-ring (bicyclic) bond motifs is 3. The van der Waals surface area contributed by atoms with Crippen LogP contribution in [0.15, 0.2) is 46.9 Å². The lowest BCUT2D eigenvalue weighted by Crippen LogP contribution is -2.48. The van der Waals surface area contributed by atoms with Crippen LogP contribution in [0.3, 0.4) is 0 Å². The minimum atomic E-state index is -1.36. The lowest BCUT2D eigenvalue weighted by molar-refractivity contribution is -0.118. The number of rotatable bonds is 1.